The van der Waals surface area contributed by atoms with E-state index in [0.29, 0.717) is 11.8 Å². The maximum absolute atomic E-state index is 13.4. The summed E-state index contributed by atoms with van der Waals surface area (Å²) in [4.78, 5) is 0. The molecule has 0 aliphatic heterocycles. The molecular weight excluding hydrogens is 669 g/mol. The number of methoxy groups -OCH3 is 1. The van der Waals surface area contributed by atoms with Crippen molar-refractivity contribution < 1.29 is 32.2 Å². The van der Waals surface area contributed by atoms with Crippen LogP contribution >= 0.6 is 0 Å². The van der Waals surface area contributed by atoms with Crippen molar-refractivity contribution >= 4 is 10.1 Å². The average molecular weight is 733 g/mol. The molecule has 2 aromatic rings. The van der Waals surface area contributed by atoms with E-state index in [1.807, 2.05) is 0 Å². The van der Waals surface area contributed by atoms with Crippen molar-refractivity contribution in [2.75, 3.05) is 14.2 Å². The predicted octanol–water partition coefficient (Wildman–Crippen LogP) is 12.0. The highest BCUT2D eigenvalue weighted by molar-refractivity contribution is 5.85. The van der Waals surface area contributed by atoms with Crippen LogP contribution in [0.1, 0.15) is 145 Å². The average Bonchev–Trinajstić information content (AvgIpc) is 3.16. The number of ether oxygens (including phenoxy) is 1. The Labute approximate surface area is 309 Å². The minimum atomic E-state index is -0.739. The molecule has 0 bridgehead atoms. The number of benzene rings is 2. The van der Waals surface area contributed by atoms with Crippen LogP contribution < -0.4 is 0 Å². The first-order chi connectivity index (χ1) is 24.3. The van der Waals surface area contributed by atoms with Crippen molar-refractivity contribution in [1.29, 1.82) is 0 Å². The molecule has 0 aromatic heterocycles. The van der Waals surface area contributed by atoms with E-state index in [2.05, 4.69) is 24.3 Å². The van der Waals surface area contributed by atoms with Crippen LogP contribution in [0, 0.1) is 58.8 Å². The van der Waals surface area contributed by atoms with Crippen LogP contribution in [-0.2, 0) is 9.20 Å². The third-order valence-electron chi connectivity index (χ3n) is 12.4. The Balaban J connectivity index is 0.000000309. The number of hydrogen-bond acceptors (Lipinski definition) is 2. The van der Waals surface area contributed by atoms with Crippen LogP contribution in [0.5, 0.6) is 0 Å². The van der Waals surface area contributed by atoms with Gasteiger partial charge in [0.05, 0.1) is 0 Å². The summed E-state index contributed by atoms with van der Waals surface area (Å²) in [5.41, 5.74) is 1.97. The fourth-order valence-corrected chi connectivity index (χ4v) is 9.59. The lowest BCUT2D eigenvalue weighted by Gasteiger charge is -2.38. The second-order valence-electron chi connectivity index (χ2n) is 15.5. The quantitative estimate of drug-likeness (QED) is 0.162. The van der Waals surface area contributed by atoms with Gasteiger partial charge in [0.15, 0.2) is 23.3 Å². The summed E-state index contributed by atoms with van der Waals surface area (Å²) in [6, 6.07) is 8.91. The molecule has 0 unspecified atom stereocenters. The van der Waals surface area contributed by atoms with Gasteiger partial charge in [-0.1, -0.05) is 50.8 Å². The Bertz CT molecular complexity index is 1250. The third kappa shape index (κ3) is 14.0. The maximum atomic E-state index is 13.4. The van der Waals surface area contributed by atoms with Crippen LogP contribution in [0.3, 0.4) is 0 Å². The molecule has 0 spiro atoms. The topological polar surface area (TPSA) is 57.8 Å². The monoisotopic (exact) mass is 732 g/mol. The SMILES string of the molecule is C=CC1CCC(C2CCC(c3ccc(F)c(F)c3)CC2)CC1.CCCC1CCC(C2CCC(c3ccc(F)c(F)c3)CC2)CC1.COC.O.O=[Si]. The van der Waals surface area contributed by atoms with Gasteiger partial charge in [0, 0.05) is 14.2 Å². The second kappa shape index (κ2) is 24.2. The lowest BCUT2D eigenvalue weighted by Crippen LogP contribution is -2.25. The number of halogens is 4. The Morgan fingerprint density at radius 2 is 0.941 bits per heavy atom. The summed E-state index contributed by atoms with van der Waals surface area (Å²) >= 11 is 0. The van der Waals surface area contributed by atoms with Crippen molar-refractivity contribution in [2.24, 2.45) is 35.5 Å². The molecule has 3 nitrogen and oxygen atoms in total. The van der Waals surface area contributed by atoms with Crippen molar-refractivity contribution in [3.05, 3.63) is 83.4 Å². The molecule has 2 radical (unpaired) electrons. The number of hydrogen-bond donors (Lipinski definition) is 0. The van der Waals surface area contributed by atoms with Crippen molar-refractivity contribution in [2.45, 2.75) is 134 Å². The Hall–Kier alpha value is -2.16. The molecule has 2 aromatic carbocycles. The van der Waals surface area contributed by atoms with Gasteiger partial charge in [0.1, 0.15) is 0 Å². The first-order valence-electron chi connectivity index (χ1n) is 19.4. The molecule has 4 saturated carbocycles. The summed E-state index contributed by atoms with van der Waals surface area (Å²) in [5.74, 6) is 3.20. The molecule has 0 heterocycles. The third-order valence-corrected chi connectivity index (χ3v) is 12.4. The van der Waals surface area contributed by atoms with E-state index in [0.717, 1.165) is 72.3 Å². The van der Waals surface area contributed by atoms with Crippen LogP contribution in [0.15, 0.2) is 49.1 Å². The highest BCUT2D eigenvalue weighted by Gasteiger charge is 2.32. The van der Waals surface area contributed by atoms with Gasteiger partial charge in [-0.2, -0.15) is 0 Å². The van der Waals surface area contributed by atoms with E-state index in [4.69, 9.17) is 4.46 Å². The fraction of sp³-hybridized carbons (Fsp3) is 0.674. The van der Waals surface area contributed by atoms with Gasteiger partial charge in [-0.25, -0.2) is 17.6 Å². The van der Waals surface area contributed by atoms with Gasteiger partial charge in [-0.15, -0.1) is 6.58 Å². The molecule has 0 saturated heterocycles. The first-order valence-corrected chi connectivity index (χ1v) is 19.8. The second-order valence-corrected chi connectivity index (χ2v) is 15.5. The summed E-state index contributed by atoms with van der Waals surface area (Å²) in [6.45, 7) is 6.22. The van der Waals surface area contributed by atoms with E-state index in [1.54, 1.807) is 36.5 Å². The van der Waals surface area contributed by atoms with Crippen LogP contribution in [0.25, 0.3) is 0 Å². The summed E-state index contributed by atoms with van der Waals surface area (Å²) in [6.07, 6.45) is 25.4. The largest absolute Gasteiger partial charge is 0.412 e. The van der Waals surface area contributed by atoms with Crippen LogP contribution in [0.2, 0.25) is 0 Å². The summed E-state index contributed by atoms with van der Waals surface area (Å²) in [5, 5.41) is 0. The van der Waals surface area contributed by atoms with E-state index < -0.39 is 23.3 Å². The zero-order valence-corrected chi connectivity index (χ0v) is 32.4. The molecule has 51 heavy (non-hydrogen) atoms. The van der Waals surface area contributed by atoms with Crippen LogP contribution in [-0.4, -0.2) is 29.8 Å². The molecule has 4 aliphatic carbocycles. The zero-order chi connectivity index (χ0) is 36.5. The molecule has 8 heteroatoms. The van der Waals surface area contributed by atoms with E-state index in [-0.39, 0.29) is 5.48 Å². The van der Waals surface area contributed by atoms with Gasteiger partial charge in [-0.05, 0) is 173 Å². The van der Waals surface area contributed by atoms with E-state index in [9.17, 15) is 17.6 Å². The lowest BCUT2D eigenvalue weighted by molar-refractivity contribution is 0.156. The Kier molecular flexibility index (Phi) is 21.4. The maximum Gasteiger partial charge on any atom is 0.381 e. The van der Waals surface area contributed by atoms with E-state index in [1.165, 1.54) is 114 Å². The summed E-state index contributed by atoms with van der Waals surface area (Å²) < 4.78 is 65.3. The van der Waals surface area contributed by atoms with E-state index >= 15 is 0 Å². The molecule has 286 valence electrons. The van der Waals surface area contributed by atoms with Crippen molar-refractivity contribution in [1.82, 2.24) is 0 Å². The normalized spacial score (nSPS) is 28.9. The Morgan fingerprint density at radius 1 is 0.608 bits per heavy atom. The molecule has 0 amide bonds. The van der Waals surface area contributed by atoms with Gasteiger partial charge < -0.3 is 14.7 Å². The molecule has 2 N–H and O–H groups in total. The molecule has 0 atom stereocenters. The van der Waals surface area contributed by atoms with Crippen LogP contribution in [0.4, 0.5) is 17.6 Å². The molecule has 6 rings (SSSR count). The lowest BCUT2D eigenvalue weighted by atomic mass is 9.68. The standard InChI is InChI=1S/C21H30F2.C20H26F2.C2H6O.OSi.H2O/c1-2-3-15-4-6-16(7-5-15)17-8-10-18(11-9-17)19-12-13-20(22)21(23)14-19;1-2-14-3-5-15(6-4-14)16-7-9-17(10-8-16)18-11-12-19(21)20(22)13-18;1-3-2;1-2;/h12-18H,2-11H2,1H3;2,11-17H,1,3-10H2;1-2H3;;1H2. The Morgan fingerprint density at radius 3 is 1.25 bits per heavy atom. The van der Waals surface area contributed by atoms with Crippen molar-refractivity contribution in [3.8, 4) is 0 Å². The molecule has 4 fully saturated rings. The summed E-state index contributed by atoms with van der Waals surface area (Å²) in [7, 11) is 4.97. The highest BCUT2D eigenvalue weighted by Crippen LogP contribution is 2.46. The predicted molar refractivity (Wildman–Crippen MR) is 201 cm³/mol. The number of allylic oxidation sites excluding steroid dienone is 1. The minimum Gasteiger partial charge on any atom is -0.412 e. The molecular formula is C43H64F4O3Si. The minimum absolute atomic E-state index is 0. The molecule has 4 aliphatic rings. The van der Waals surface area contributed by atoms with Gasteiger partial charge >= 0.3 is 10.1 Å². The van der Waals surface area contributed by atoms with Gasteiger partial charge in [-0.3, -0.25) is 0 Å². The number of rotatable bonds is 7. The first kappa shape index (κ1) is 45.0. The van der Waals surface area contributed by atoms with Crippen molar-refractivity contribution in [3.63, 3.8) is 0 Å². The smallest absolute Gasteiger partial charge is 0.381 e. The highest BCUT2D eigenvalue weighted by atomic mass is 28.1. The van der Waals surface area contributed by atoms with Gasteiger partial charge in [0.2, 0.25) is 0 Å². The fourth-order valence-electron chi connectivity index (χ4n) is 9.59. The van der Waals surface area contributed by atoms with Gasteiger partial charge in [0.25, 0.3) is 0 Å². The zero-order valence-electron chi connectivity index (χ0n) is 31.4.